The first-order chi connectivity index (χ1) is 8.15. The highest BCUT2D eigenvalue weighted by Crippen LogP contribution is 2.34. The molecule has 0 fully saturated rings. The lowest BCUT2D eigenvalue weighted by Crippen LogP contribution is -1.89. The molecule has 0 spiro atoms. The Balaban J connectivity index is 2.69. The summed E-state index contributed by atoms with van der Waals surface area (Å²) in [6.07, 6.45) is 0.777. The Labute approximate surface area is 114 Å². The van der Waals surface area contributed by atoms with Gasteiger partial charge in [-0.3, -0.25) is 4.79 Å². The zero-order valence-corrected chi connectivity index (χ0v) is 11.5. The molecule has 0 atom stereocenters. The van der Waals surface area contributed by atoms with E-state index in [0.29, 0.717) is 10.6 Å². The molecule has 86 valence electrons. The van der Waals surface area contributed by atoms with Gasteiger partial charge in [-0.15, -0.1) is 0 Å². The topological polar surface area (TPSA) is 17.1 Å². The van der Waals surface area contributed by atoms with E-state index in [1.807, 2.05) is 37.3 Å². The molecule has 0 N–H and O–H groups in total. The second-order valence-corrected chi connectivity index (χ2v) is 4.97. The lowest BCUT2D eigenvalue weighted by Gasteiger charge is -2.10. The predicted octanol–water partition coefficient (Wildman–Crippen LogP) is 4.89. The second kappa shape index (κ2) is 5.03. The number of carbonyl (C=O) groups excluding carboxylic acids is 1. The van der Waals surface area contributed by atoms with E-state index < -0.39 is 0 Å². The maximum absolute atomic E-state index is 10.9. The minimum atomic E-state index is 0.503. The summed E-state index contributed by atoms with van der Waals surface area (Å²) in [5.41, 5.74) is 3.55. The van der Waals surface area contributed by atoms with Crippen LogP contribution in [0.2, 0.25) is 5.02 Å². The summed E-state index contributed by atoms with van der Waals surface area (Å²) in [7, 11) is 0. The average molecular weight is 310 g/mol. The van der Waals surface area contributed by atoms with Gasteiger partial charge in [0, 0.05) is 15.6 Å². The lowest BCUT2D eigenvalue weighted by atomic mass is 9.99. The van der Waals surface area contributed by atoms with Gasteiger partial charge in [-0.25, -0.2) is 0 Å². The molecule has 0 saturated carbocycles. The maximum Gasteiger partial charge on any atom is 0.151 e. The van der Waals surface area contributed by atoms with Crippen LogP contribution in [-0.4, -0.2) is 6.29 Å². The summed E-state index contributed by atoms with van der Waals surface area (Å²) in [4.78, 5) is 10.9. The van der Waals surface area contributed by atoms with Crippen LogP contribution in [0.4, 0.5) is 0 Å². The Kier molecular flexibility index (Phi) is 3.65. The van der Waals surface area contributed by atoms with Crippen LogP contribution in [0.1, 0.15) is 15.9 Å². The van der Waals surface area contributed by atoms with Crippen molar-refractivity contribution in [2.75, 3.05) is 0 Å². The van der Waals surface area contributed by atoms with E-state index in [9.17, 15) is 4.79 Å². The van der Waals surface area contributed by atoms with Gasteiger partial charge in [0.15, 0.2) is 6.29 Å². The Bertz CT molecular complexity index is 578. The van der Waals surface area contributed by atoms with E-state index in [1.54, 1.807) is 6.07 Å². The monoisotopic (exact) mass is 308 g/mol. The summed E-state index contributed by atoms with van der Waals surface area (Å²) >= 11 is 9.71. The average Bonchev–Trinajstić information content (AvgIpc) is 2.33. The minimum Gasteiger partial charge on any atom is -0.298 e. The van der Waals surface area contributed by atoms with Crippen LogP contribution in [0.15, 0.2) is 40.9 Å². The summed E-state index contributed by atoms with van der Waals surface area (Å²) in [6.45, 7) is 2.02. The quantitative estimate of drug-likeness (QED) is 0.722. The molecule has 0 aromatic heterocycles. The van der Waals surface area contributed by atoms with Crippen molar-refractivity contribution in [3.8, 4) is 11.1 Å². The van der Waals surface area contributed by atoms with Crippen molar-refractivity contribution in [3.05, 3.63) is 57.0 Å². The van der Waals surface area contributed by atoms with Gasteiger partial charge in [0.05, 0.1) is 5.02 Å². The fraction of sp³-hybridized carbons (Fsp3) is 0.0714. The summed E-state index contributed by atoms with van der Waals surface area (Å²) in [6, 6.07) is 11.4. The van der Waals surface area contributed by atoms with Crippen molar-refractivity contribution >= 4 is 33.8 Å². The molecule has 0 bridgehead atoms. The van der Waals surface area contributed by atoms with Crippen molar-refractivity contribution in [2.24, 2.45) is 0 Å². The zero-order chi connectivity index (χ0) is 12.4. The van der Waals surface area contributed by atoms with Crippen LogP contribution < -0.4 is 0 Å². The molecule has 0 radical (unpaired) electrons. The number of carbonyl (C=O) groups is 1. The van der Waals surface area contributed by atoms with Gasteiger partial charge in [-0.1, -0.05) is 57.9 Å². The van der Waals surface area contributed by atoms with Crippen molar-refractivity contribution in [1.82, 2.24) is 0 Å². The lowest BCUT2D eigenvalue weighted by molar-refractivity contribution is 0.112. The Hall–Kier alpha value is -1.12. The van der Waals surface area contributed by atoms with Gasteiger partial charge in [0.25, 0.3) is 0 Å². The summed E-state index contributed by atoms with van der Waals surface area (Å²) in [5, 5.41) is 0.503. The van der Waals surface area contributed by atoms with Crippen LogP contribution in [0.3, 0.4) is 0 Å². The molecule has 0 saturated heterocycles. The van der Waals surface area contributed by atoms with Crippen molar-refractivity contribution in [3.63, 3.8) is 0 Å². The fourth-order valence-corrected chi connectivity index (χ4v) is 2.39. The van der Waals surface area contributed by atoms with Gasteiger partial charge in [-0.2, -0.15) is 0 Å². The normalized spacial score (nSPS) is 10.3. The molecule has 3 heteroatoms. The SMILES string of the molecule is Cc1c(Br)cccc1-c1cccc(C=O)c1Cl. The fourth-order valence-electron chi connectivity index (χ4n) is 1.75. The second-order valence-electron chi connectivity index (χ2n) is 3.74. The number of hydrogen-bond donors (Lipinski definition) is 0. The smallest absolute Gasteiger partial charge is 0.151 e. The molecule has 2 aromatic carbocycles. The molecule has 0 unspecified atom stereocenters. The molecule has 0 aliphatic rings. The first-order valence-corrected chi connectivity index (χ1v) is 6.31. The molecule has 0 aliphatic carbocycles. The highest BCUT2D eigenvalue weighted by molar-refractivity contribution is 9.10. The van der Waals surface area contributed by atoms with Crippen LogP contribution in [0.5, 0.6) is 0 Å². The molecule has 0 heterocycles. The molecule has 2 rings (SSSR count). The van der Waals surface area contributed by atoms with Crippen LogP contribution >= 0.6 is 27.5 Å². The van der Waals surface area contributed by atoms with E-state index in [0.717, 1.165) is 27.4 Å². The van der Waals surface area contributed by atoms with E-state index in [2.05, 4.69) is 15.9 Å². The molecule has 1 nitrogen and oxygen atoms in total. The van der Waals surface area contributed by atoms with E-state index in [4.69, 9.17) is 11.6 Å². The minimum absolute atomic E-state index is 0.503. The third kappa shape index (κ3) is 2.28. The first-order valence-electron chi connectivity index (χ1n) is 5.14. The number of benzene rings is 2. The molecule has 2 aromatic rings. The number of halogens is 2. The van der Waals surface area contributed by atoms with Crippen LogP contribution in [-0.2, 0) is 0 Å². The van der Waals surface area contributed by atoms with Crippen LogP contribution in [0.25, 0.3) is 11.1 Å². The Morgan fingerprint density at radius 1 is 1.12 bits per heavy atom. The van der Waals surface area contributed by atoms with Crippen molar-refractivity contribution in [2.45, 2.75) is 6.92 Å². The highest BCUT2D eigenvalue weighted by Gasteiger charge is 2.10. The predicted molar refractivity (Wildman–Crippen MR) is 74.7 cm³/mol. The van der Waals surface area contributed by atoms with Crippen molar-refractivity contribution in [1.29, 1.82) is 0 Å². The van der Waals surface area contributed by atoms with Gasteiger partial charge < -0.3 is 0 Å². The van der Waals surface area contributed by atoms with E-state index >= 15 is 0 Å². The van der Waals surface area contributed by atoms with Gasteiger partial charge in [-0.05, 0) is 24.1 Å². The highest BCUT2D eigenvalue weighted by atomic mass is 79.9. The van der Waals surface area contributed by atoms with Gasteiger partial charge in [0.2, 0.25) is 0 Å². The third-order valence-electron chi connectivity index (χ3n) is 2.71. The van der Waals surface area contributed by atoms with Crippen molar-refractivity contribution < 1.29 is 4.79 Å². The van der Waals surface area contributed by atoms with Gasteiger partial charge in [0.1, 0.15) is 0 Å². The molecule has 17 heavy (non-hydrogen) atoms. The summed E-state index contributed by atoms with van der Waals surface area (Å²) < 4.78 is 1.03. The Morgan fingerprint density at radius 2 is 1.76 bits per heavy atom. The summed E-state index contributed by atoms with van der Waals surface area (Å²) in [5.74, 6) is 0. The molecular formula is C14H10BrClO. The third-order valence-corrected chi connectivity index (χ3v) is 3.99. The number of hydrogen-bond acceptors (Lipinski definition) is 1. The maximum atomic E-state index is 10.9. The van der Waals surface area contributed by atoms with E-state index in [-0.39, 0.29) is 0 Å². The van der Waals surface area contributed by atoms with E-state index in [1.165, 1.54) is 0 Å². The first kappa shape index (κ1) is 12.3. The van der Waals surface area contributed by atoms with Gasteiger partial charge >= 0.3 is 0 Å². The standard InChI is InChI=1S/C14H10BrClO/c1-9-11(5-3-7-13(9)15)12-6-2-4-10(8-17)14(12)16/h2-8H,1H3. The molecule has 0 aliphatic heterocycles. The zero-order valence-electron chi connectivity index (χ0n) is 9.21. The molecule has 0 amide bonds. The largest absolute Gasteiger partial charge is 0.298 e. The van der Waals surface area contributed by atoms with Crippen LogP contribution in [0, 0.1) is 6.92 Å². The molecular weight excluding hydrogens is 300 g/mol. The Morgan fingerprint density at radius 3 is 2.47 bits per heavy atom. The number of rotatable bonds is 2. The number of aldehydes is 1.